The number of fused-ring (bicyclic) bond motifs is 1. The SMILES string of the molecule is Cc1[nH]cnc1CN1CCC(c2ccn3nccc3n2)CC1. The number of aromatic amines is 1. The Labute approximate surface area is 129 Å². The molecular formula is C16H20N6. The summed E-state index contributed by atoms with van der Waals surface area (Å²) >= 11 is 0. The van der Waals surface area contributed by atoms with Crippen LogP contribution in [-0.2, 0) is 6.54 Å². The molecule has 3 aromatic heterocycles. The van der Waals surface area contributed by atoms with Gasteiger partial charge in [0.2, 0.25) is 0 Å². The van der Waals surface area contributed by atoms with Crippen molar-refractivity contribution < 1.29 is 0 Å². The summed E-state index contributed by atoms with van der Waals surface area (Å²) < 4.78 is 1.82. The number of imidazole rings is 1. The van der Waals surface area contributed by atoms with Crippen molar-refractivity contribution in [1.82, 2.24) is 29.5 Å². The number of H-pyrrole nitrogens is 1. The summed E-state index contributed by atoms with van der Waals surface area (Å²) in [6.07, 6.45) is 7.89. The molecule has 0 radical (unpaired) electrons. The molecule has 0 aliphatic carbocycles. The van der Waals surface area contributed by atoms with E-state index in [0.717, 1.165) is 43.8 Å². The van der Waals surface area contributed by atoms with Crippen LogP contribution in [-0.4, -0.2) is 42.6 Å². The van der Waals surface area contributed by atoms with E-state index in [0.29, 0.717) is 5.92 Å². The smallest absolute Gasteiger partial charge is 0.155 e. The normalized spacial score (nSPS) is 17.3. The summed E-state index contributed by atoms with van der Waals surface area (Å²) in [6.45, 7) is 5.23. The molecule has 22 heavy (non-hydrogen) atoms. The molecule has 1 aliphatic rings. The molecule has 1 fully saturated rings. The molecule has 0 saturated carbocycles. The molecule has 114 valence electrons. The zero-order valence-corrected chi connectivity index (χ0v) is 12.7. The molecule has 3 aromatic rings. The van der Waals surface area contributed by atoms with Crippen LogP contribution in [0.15, 0.2) is 30.9 Å². The van der Waals surface area contributed by atoms with Crippen LogP contribution in [0.1, 0.15) is 35.8 Å². The van der Waals surface area contributed by atoms with Crippen LogP contribution >= 0.6 is 0 Å². The molecule has 0 unspecified atom stereocenters. The minimum absolute atomic E-state index is 0.552. The largest absolute Gasteiger partial charge is 0.348 e. The van der Waals surface area contributed by atoms with Crippen molar-refractivity contribution >= 4 is 5.65 Å². The Morgan fingerprint density at radius 2 is 2.14 bits per heavy atom. The van der Waals surface area contributed by atoms with Gasteiger partial charge in [0, 0.05) is 36.1 Å². The molecular weight excluding hydrogens is 276 g/mol. The molecule has 4 rings (SSSR count). The fourth-order valence-electron chi connectivity index (χ4n) is 3.20. The fraction of sp³-hybridized carbons (Fsp3) is 0.438. The average molecular weight is 296 g/mol. The van der Waals surface area contributed by atoms with Crippen molar-refractivity contribution in [2.75, 3.05) is 13.1 Å². The first-order valence-corrected chi connectivity index (χ1v) is 7.81. The number of aromatic nitrogens is 5. The first-order chi connectivity index (χ1) is 10.8. The average Bonchev–Trinajstić information content (AvgIpc) is 3.17. The maximum atomic E-state index is 4.74. The Hall–Kier alpha value is -2.21. The van der Waals surface area contributed by atoms with Gasteiger partial charge in [0.25, 0.3) is 0 Å². The highest BCUT2D eigenvalue weighted by Crippen LogP contribution is 2.27. The molecule has 1 N–H and O–H groups in total. The van der Waals surface area contributed by atoms with Crippen molar-refractivity contribution in [2.24, 2.45) is 0 Å². The molecule has 0 aromatic carbocycles. The predicted molar refractivity (Wildman–Crippen MR) is 83.6 cm³/mol. The van der Waals surface area contributed by atoms with Crippen LogP contribution in [0, 0.1) is 6.92 Å². The lowest BCUT2D eigenvalue weighted by Gasteiger charge is -2.31. The second kappa shape index (κ2) is 5.53. The van der Waals surface area contributed by atoms with Crippen LogP contribution < -0.4 is 0 Å². The van der Waals surface area contributed by atoms with Gasteiger partial charge >= 0.3 is 0 Å². The minimum atomic E-state index is 0.552. The van der Waals surface area contributed by atoms with E-state index in [9.17, 15) is 0 Å². The topological polar surface area (TPSA) is 62.1 Å². The number of nitrogens with zero attached hydrogens (tertiary/aromatic N) is 5. The van der Waals surface area contributed by atoms with E-state index >= 15 is 0 Å². The van der Waals surface area contributed by atoms with E-state index in [-0.39, 0.29) is 0 Å². The van der Waals surface area contributed by atoms with Gasteiger partial charge in [-0.1, -0.05) is 0 Å². The minimum Gasteiger partial charge on any atom is -0.348 e. The third-order valence-corrected chi connectivity index (χ3v) is 4.59. The number of hydrogen-bond donors (Lipinski definition) is 1. The van der Waals surface area contributed by atoms with Crippen molar-refractivity contribution in [3.63, 3.8) is 0 Å². The van der Waals surface area contributed by atoms with Gasteiger partial charge in [-0.25, -0.2) is 14.5 Å². The number of likely N-dealkylation sites (tertiary alicyclic amines) is 1. The Morgan fingerprint density at radius 3 is 2.91 bits per heavy atom. The Balaban J connectivity index is 1.41. The predicted octanol–water partition coefficient (Wildman–Crippen LogP) is 2.14. The molecule has 0 atom stereocenters. The summed E-state index contributed by atoms with van der Waals surface area (Å²) in [5.74, 6) is 0.552. The highest BCUT2D eigenvalue weighted by Gasteiger charge is 2.22. The van der Waals surface area contributed by atoms with E-state index in [4.69, 9.17) is 4.98 Å². The Bertz CT molecular complexity index is 766. The summed E-state index contributed by atoms with van der Waals surface area (Å²) in [7, 11) is 0. The van der Waals surface area contributed by atoms with Crippen molar-refractivity contribution in [2.45, 2.75) is 32.2 Å². The van der Waals surface area contributed by atoms with Crippen molar-refractivity contribution in [3.8, 4) is 0 Å². The van der Waals surface area contributed by atoms with Gasteiger partial charge in [0.05, 0.1) is 18.2 Å². The summed E-state index contributed by atoms with van der Waals surface area (Å²) in [4.78, 5) is 14.8. The van der Waals surface area contributed by atoms with Gasteiger partial charge in [0.15, 0.2) is 5.65 Å². The number of piperidine rings is 1. The highest BCUT2D eigenvalue weighted by molar-refractivity contribution is 5.37. The van der Waals surface area contributed by atoms with E-state index in [2.05, 4.69) is 33.0 Å². The van der Waals surface area contributed by atoms with Crippen LogP contribution in [0.25, 0.3) is 5.65 Å². The number of nitrogens with one attached hydrogen (secondary N) is 1. The van der Waals surface area contributed by atoms with Gasteiger partial charge in [-0.2, -0.15) is 5.10 Å². The van der Waals surface area contributed by atoms with E-state index in [1.807, 2.05) is 16.8 Å². The standard InChI is InChI=1S/C16H20N6/c1-12-15(18-11-17-12)10-21-7-3-13(4-8-21)14-5-9-22-16(20-14)2-6-19-22/h2,5-6,9,11,13H,3-4,7-8,10H2,1H3,(H,17,18). The van der Waals surface area contributed by atoms with Gasteiger partial charge in [-0.3, -0.25) is 4.90 Å². The second-order valence-corrected chi connectivity index (χ2v) is 6.01. The lowest BCUT2D eigenvalue weighted by Crippen LogP contribution is -2.33. The maximum absolute atomic E-state index is 4.74. The van der Waals surface area contributed by atoms with Crippen LogP contribution in [0.4, 0.5) is 0 Å². The lowest BCUT2D eigenvalue weighted by molar-refractivity contribution is 0.201. The molecule has 0 amide bonds. The third-order valence-electron chi connectivity index (χ3n) is 4.59. The summed E-state index contributed by atoms with van der Waals surface area (Å²) in [5.41, 5.74) is 4.47. The number of aryl methyl sites for hydroxylation is 1. The van der Waals surface area contributed by atoms with Crippen LogP contribution in [0.2, 0.25) is 0 Å². The van der Waals surface area contributed by atoms with Gasteiger partial charge in [-0.15, -0.1) is 0 Å². The summed E-state index contributed by atoms with van der Waals surface area (Å²) in [6, 6.07) is 4.07. The molecule has 4 heterocycles. The molecule has 6 nitrogen and oxygen atoms in total. The quantitative estimate of drug-likeness (QED) is 0.804. The number of rotatable bonds is 3. The molecule has 0 bridgehead atoms. The van der Waals surface area contributed by atoms with Crippen molar-refractivity contribution in [1.29, 1.82) is 0 Å². The van der Waals surface area contributed by atoms with Gasteiger partial charge in [0.1, 0.15) is 0 Å². The first kappa shape index (κ1) is 13.5. The van der Waals surface area contributed by atoms with Crippen molar-refractivity contribution in [3.05, 3.63) is 47.9 Å². The van der Waals surface area contributed by atoms with E-state index in [1.165, 1.54) is 11.4 Å². The zero-order valence-electron chi connectivity index (χ0n) is 12.7. The Kier molecular flexibility index (Phi) is 3.38. The van der Waals surface area contributed by atoms with E-state index in [1.54, 1.807) is 12.5 Å². The highest BCUT2D eigenvalue weighted by atomic mass is 15.2. The third kappa shape index (κ3) is 2.50. The molecule has 6 heteroatoms. The monoisotopic (exact) mass is 296 g/mol. The number of hydrogen-bond acceptors (Lipinski definition) is 4. The maximum Gasteiger partial charge on any atom is 0.155 e. The first-order valence-electron chi connectivity index (χ1n) is 7.81. The molecule has 1 saturated heterocycles. The van der Waals surface area contributed by atoms with Crippen LogP contribution in [0.3, 0.4) is 0 Å². The van der Waals surface area contributed by atoms with E-state index < -0.39 is 0 Å². The molecule has 1 aliphatic heterocycles. The Morgan fingerprint density at radius 1 is 1.27 bits per heavy atom. The molecule has 0 spiro atoms. The fourth-order valence-corrected chi connectivity index (χ4v) is 3.20. The lowest BCUT2D eigenvalue weighted by atomic mass is 9.93. The van der Waals surface area contributed by atoms with Gasteiger partial charge in [-0.05, 0) is 38.9 Å². The summed E-state index contributed by atoms with van der Waals surface area (Å²) in [5, 5.41) is 4.20. The zero-order chi connectivity index (χ0) is 14.9. The van der Waals surface area contributed by atoms with Crippen LogP contribution in [0.5, 0.6) is 0 Å². The van der Waals surface area contributed by atoms with Gasteiger partial charge < -0.3 is 4.98 Å². The second-order valence-electron chi connectivity index (χ2n) is 6.01.